The first-order valence-corrected chi connectivity index (χ1v) is 8.64. The van der Waals surface area contributed by atoms with Crippen molar-refractivity contribution in [2.24, 2.45) is 0 Å². The predicted molar refractivity (Wildman–Crippen MR) is 93.9 cm³/mol. The summed E-state index contributed by atoms with van der Waals surface area (Å²) in [4.78, 5) is 14.1. The molecule has 4 heteroatoms. The molecular weight excluding hydrogens is 288 g/mol. The smallest absolute Gasteiger partial charge is 0.320 e. The van der Waals surface area contributed by atoms with E-state index in [-0.39, 0.29) is 18.2 Å². The van der Waals surface area contributed by atoms with Gasteiger partial charge in [0.2, 0.25) is 0 Å². The van der Waals surface area contributed by atoms with E-state index in [4.69, 9.17) is 4.74 Å². The highest BCUT2D eigenvalue weighted by atomic mass is 16.5. The number of carbonyl (C=O) groups is 1. The number of hydrogen-bond acceptors (Lipinski definition) is 2. The van der Waals surface area contributed by atoms with Gasteiger partial charge in [-0.2, -0.15) is 0 Å². The number of benzene rings is 1. The Kier molecular flexibility index (Phi) is 5.91. The van der Waals surface area contributed by atoms with Gasteiger partial charge in [0.25, 0.3) is 0 Å². The van der Waals surface area contributed by atoms with Crippen LogP contribution < -0.4 is 10.1 Å². The van der Waals surface area contributed by atoms with Gasteiger partial charge in [0.1, 0.15) is 5.75 Å². The second kappa shape index (κ2) is 7.71. The van der Waals surface area contributed by atoms with Crippen LogP contribution in [0.3, 0.4) is 0 Å². The molecule has 23 heavy (non-hydrogen) atoms. The van der Waals surface area contributed by atoms with Crippen LogP contribution in [0.1, 0.15) is 57.6 Å². The molecule has 0 saturated carbocycles. The van der Waals surface area contributed by atoms with Gasteiger partial charge in [-0.05, 0) is 36.8 Å². The molecule has 0 spiro atoms. The van der Waals surface area contributed by atoms with Gasteiger partial charge < -0.3 is 15.0 Å². The first-order valence-electron chi connectivity index (χ1n) is 8.64. The number of urea groups is 1. The summed E-state index contributed by atoms with van der Waals surface area (Å²) in [5.41, 5.74) is 2.40. The molecule has 0 aromatic heterocycles. The molecule has 1 aromatic carbocycles. The molecule has 1 saturated heterocycles. The van der Waals surface area contributed by atoms with Crippen LogP contribution in [0.25, 0.3) is 0 Å². The van der Waals surface area contributed by atoms with E-state index in [0.29, 0.717) is 0 Å². The average molecular weight is 318 g/mol. The third-order valence-electron chi connectivity index (χ3n) is 4.29. The number of hydrogen-bond donors (Lipinski definition) is 1. The Hall–Kier alpha value is -1.71. The summed E-state index contributed by atoms with van der Waals surface area (Å²) in [5, 5.41) is 2.89. The fourth-order valence-electron chi connectivity index (χ4n) is 2.92. The second-order valence-electron chi connectivity index (χ2n) is 7.42. The molecular formula is C19H30N2O2. The van der Waals surface area contributed by atoms with Gasteiger partial charge in [0.05, 0.1) is 0 Å². The highest BCUT2D eigenvalue weighted by Crippen LogP contribution is 2.31. The van der Waals surface area contributed by atoms with Gasteiger partial charge >= 0.3 is 6.03 Å². The van der Waals surface area contributed by atoms with Crippen molar-refractivity contribution in [3.63, 3.8) is 0 Å². The number of ether oxygens (including phenoxy) is 1. The lowest BCUT2D eigenvalue weighted by Gasteiger charge is -2.24. The number of amides is 2. The predicted octanol–water partition coefficient (Wildman–Crippen LogP) is 4.21. The van der Waals surface area contributed by atoms with Crippen molar-refractivity contribution < 1.29 is 9.53 Å². The van der Waals surface area contributed by atoms with Crippen molar-refractivity contribution in [2.45, 2.75) is 58.8 Å². The quantitative estimate of drug-likeness (QED) is 0.848. The lowest BCUT2D eigenvalue weighted by atomic mass is 9.85. The lowest BCUT2D eigenvalue weighted by molar-refractivity contribution is 0.185. The maximum Gasteiger partial charge on any atom is 0.320 e. The molecule has 1 N–H and O–H groups in total. The van der Waals surface area contributed by atoms with E-state index in [2.05, 4.69) is 39.1 Å². The Balaban J connectivity index is 1.92. The summed E-state index contributed by atoms with van der Waals surface area (Å²) < 4.78 is 5.85. The van der Waals surface area contributed by atoms with Gasteiger partial charge in [0.15, 0.2) is 6.73 Å². The number of nitrogens with zero attached hydrogens (tertiary/aromatic N) is 1. The normalized spacial score (nSPS) is 15.9. The zero-order valence-electron chi connectivity index (χ0n) is 14.9. The lowest BCUT2D eigenvalue weighted by Crippen LogP contribution is -2.42. The first-order chi connectivity index (χ1) is 10.9. The summed E-state index contributed by atoms with van der Waals surface area (Å²) in [5.74, 6) is 0.847. The van der Waals surface area contributed by atoms with E-state index >= 15 is 0 Å². The van der Waals surface area contributed by atoms with Gasteiger partial charge in [-0.3, -0.25) is 0 Å². The minimum atomic E-state index is -0.0173. The summed E-state index contributed by atoms with van der Waals surface area (Å²) in [6.07, 6.45) is 4.64. The second-order valence-corrected chi connectivity index (χ2v) is 7.42. The van der Waals surface area contributed by atoms with Crippen molar-refractivity contribution in [2.75, 3.05) is 19.8 Å². The van der Waals surface area contributed by atoms with Crippen molar-refractivity contribution in [1.82, 2.24) is 10.2 Å². The summed E-state index contributed by atoms with van der Waals surface area (Å²) in [6.45, 7) is 10.5. The van der Waals surface area contributed by atoms with Crippen molar-refractivity contribution in [1.29, 1.82) is 0 Å². The summed E-state index contributed by atoms with van der Waals surface area (Å²) >= 11 is 0. The van der Waals surface area contributed by atoms with E-state index in [0.717, 1.165) is 31.7 Å². The Morgan fingerprint density at radius 2 is 1.83 bits per heavy atom. The number of rotatable bonds is 3. The topological polar surface area (TPSA) is 41.6 Å². The minimum Gasteiger partial charge on any atom is -0.473 e. The van der Waals surface area contributed by atoms with Gasteiger partial charge in [-0.1, -0.05) is 51.3 Å². The van der Waals surface area contributed by atoms with E-state index < -0.39 is 0 Å². The average Bonchev–Trinajstić information content (AvgIpc) is 2.76. The van der Waals surface area contributed by atoms with Crippen LogP contribution in [0.15, 0.2) is 18.2 Å². The maximum atomic E-state index is 12.2. The minimum absolute atomic E-state index is 0.0101. The summed E-state index contributed by atoms with van der Waals surface area (Å²) in [7, 11) is 0. The summed E-state index contributed by atoms with van der Waals surface area (Å²) in [6, 6.07) is 6.18. The van der Waals surface area contributed by atoms with Crippen LogP contribution in [0.5, 0.6) is 5.75 Å². The highest BCUT2D eigenvalue weighted by Gasteiger charge is 2.20. The van der Waals surface area contributed by atoms with Crippen molar-refractivity contribution in [3.05, 3.63) is 29.3 Å². The fraction of sp³-hybridized carbons (Fsp3) is 0.632. The highest BCUT2D eigenvalue weighted by molar-refractivity contribution is 5.74. The zero-order chi connectivity index (χ0) is 16.9. The molecule has 0 radical (unpaired) electrons. The van der Waals surface area contributed by atoms with Gasteiger partial charge in [-0.15, -0.1) is 0 Å². The van der Waals surface area contributed by atoms with E-state index in [1.807, 2.05) is 17.0 Å². The standard InChI is InChI=1S/C19H30N2O2/c1-15-9-10-17(16(13-15)19(2,3)4)23-14-20-18(22)21-11-7-5-6-8-12-21/h9-10,13H,5-8,11-12,14H2,1-4H3,(H,20,22). The molecule has 2 amide bonds. The van der Waals surface area contributed by atoms with Gasteiger partial charge in [-0.25, -0.2) is 4.79 Å². The Bertz CT molecular complexity index is 527. The molecule has 4 nitrogen and oxygen atoms in total. The number of nitrogens with one attached hydrogen (secondary N) is 1. The fourth-order valence-corrected chi connectivity index (χ4v) is 2.92. The molecule has 1 heterocycles. The first kappa shape index (κ1) is 17.6. The molecule has 1 aliphatic rings. The molecule has 1 fully saturated rings. The number of aryl methyl sites for hydroxylation is 1. The van der Waals surface area contributed by atoms with Crippen LogP contribution in [-0.4, -0.2) is 30.8 Å². The molecule has 0 atom stereocenters. The van der Waals surface area contributed by atoms with E-state index in [1.165, 1.54) is 24.0 Å². The van der Waals surface area contributed by atoms with Crippen LogP contribution in [0, 0.1) is 6.92 Å². The Labute approximate surface area is 140 Å². The molecule has 1 aromatic rings. The van der Waals surface area contributed by atoms with Crippen LogP contribution in [0.4, 0.5) is 4.79 Å². The van der Waals surface area contributed by atoms with E-state index in [1.54, 1.807) is 0 Å². The van der Waals surface area contributed by atoms with Gasteiger partial charge in [0, 0.05) is 13.1 Å². The Morgan fingerprint density at radius 1 is 1.17 bits per heavy atom. The third kappa shape index (κ3) is 5.15. The molecule has 1 aliphatic heterocycles. The molecule has 0 bridgehead atoms. The molecule has 0 unspecified atom stereocenters. The largest absolute Gasteiger partial charge is 0.473 e. The Morgan fingerprint density at radius 3 is 2.43 bits per heavy atom. The SMILES string of the molecule is Cc1ccc(OCNC(=O)N2CCCCCC2)c(C(C)(C)C)c1. The molecule has 128 valence electrons. The van der Waals surface area contributed by atoms with Crippen molar-refractivity contribution >= 4 is 6.03 Å². The number of carbonyl (C=O) groups excluding carboxylic acids is 1. The molecule has 0 aliphatic carbocycles. The van der Waals surface area contributed by atoms with Crippen LogP contribution >= 0.6 is 0 Å². The van der Waals surface area contributed by atoms with Crippen LogP contribution in [-0.2, 0) is 5.41 Å². The zero-order valence-corrected chi connectivity index (χ0v) is 14.9. The monoisotopic (exact) mass is 318 g/mol. The number of likely N-dealkylation sites (tertiary alicyclic amines) is 1. The third-order valence-corrected chi connectivity index (χ3v) is 4.29. The van der Waals surface area contributed by atoms with Crippen LogP contribution in [0.2, 0.25) is 0 Å². The van der Waals surface area contributed by atoms with Crippen molar-refractivity contribution in [3.8, 4) is 5.75 Å². The van der Waals surface area contributed by atoms with E-state index in [9.17, 15) is 4.79 Å². The maximum absolute atomic E-state index is 12.2. The molecule has 2 rings (SSSR count).